The summed E-state index contributed by atoms with van der Waals surface area (Å²) in [4.78, 5) is 0. The van der Waals surface area contributed by atoms with Crippen LogP contribution in [0.5, 0.6) is 0 Å². The van der Waals surface area contributed by atoms with Crippen LogP contribution in [0.3, 0.4) is 0 Å². The molecule has 29 heavy (non-hydrogen) atoms. The zero-order valence-corrected chi connectivity index (χ0v) is 17.8. The molecule has 8 heteroatoms. The van der Waals surface area contributed by atoms with E-state index in [1.54, 1.807) is 6.92 Å². The van der Waals surface area contributed by atoms with E-state index in [1.165, 1.54) is 0 Å². The summed E-state index contributed by atoms with van der Waals surface area (Å²) in [6.07, 6.45) is -5.37. The molecule has 0 amide bonds. The van der Waals surface area contributed by atoms with Gasteiger partial charge in [0.05, 0.1) is 24.4 Å². The standard InChI is InChI=1S/C21H38O8/c1-10(2)11-5-7-20(3)13(23)6-8-21(4,27)18(20)17(11)29-19-16(26)15(25)14(24)12(9-22)28-19/h10-19,22-27H,5-9H2,1-4H3/t11-,12+,13-,14+,15-,16+,17+,18?,19+,20+,21-/m0/s1. The van der Waals surface area contributed by atoms with Gasteiger partial charge in [-0.3, -0.25) is 0 Å². The van der Waals surface area contributed by atoms with E-state index in [4.69, 9.17) is 9.47 Å². The van der Waals surface area contributed by atoms with Gasteiger partial charge in [-0.15, -0.1) is 0 Å². The summed E-state index contributed by atoms with van der Waals surface area (Å²) in [5.74, 6) is -0.117. The minimum absolute atomic E-state index is 0.0530. The first-order chi connectivity index (χ1) is 13.4. The van der Waals surface area contributed by atoms with Crippen LogP contribution in [0.15, 0.2) is 0 Å². The zero-order valence-electron chi connectivity index (χ0n) is 17.8. The lowest BCUT2D eigenvalue weighted by Gasteiger charge is -2.60. The Morgan fingerprint density at radius 1 is 1.00 bits per heavy atom. The molecule has 0 aromatic carbocycles. The molecule has 8 nitrogen and oxygen atoms in total. The van der Waals surface area contributed by atoms with E-state index in [0.29, 0.717) is 12.8 Å². The minimum Gasteiger partial charge on any atom is -0.394 e. The van der Waals surface area contributed by atoms with Crippen LogP contribution >= 0.6 is 0 Å². The maximum absolute atomic E-state index is 11.3. The van der Waals surface area contributed by atoms with Gasteiger partial charge in [-0.25, -0.2) is 0 Å². The summed E-state index contributed by atoms with van der Waals surface area (Å²) in [6, 6.07) is 0. The monoisotopic (exact) mass is 418 g/mol. The topological polar surface area (TPSA) is 140 Å². The van der Waals surface area contributed by atoms with Gasteiger partial charge < -0.3 is 40.1 Å². The Kier molecular flexibility index (Phi) is 6.69. The van der Waals surface area contributed by atoms with Crippen molar-refractivity contribution in [2.45, 2.75) is 102 Å². The summed E-state index contributed by atoms with van der Waals surface area (Å²) in [5, 5.41) is 62.2. The Balaban J connectivity index is 1.94. The quantitative estimate of drug-likeness (QED) is 0.368. The number of hydrogen-bond acceptors (Lipinski definition) is 8. The first kappa shape index (κ1) is 23.3. The molecule has 2 saturated carbocycles. The third kappa shape index (κ3) is 3.99. The molecule has 0 aromatic heterocycles. The maximum Gasteiger partial charge on any atom is 0.186 e. The molecule has 3 rings (SSSR count). The molecule has 0 radical (unpaired) electrons. The summed E-state index contributed by atoms with van der Waals surface area (Å²) in [5.41, 5.74) is -1.62. The van der Waals surface area contributed by atoms with Crippen molar-refractivity contribution < 1.29 is 40.1 Å². The number of aliphatic hydroxyl groups is 6. The Bertz CT molecular complexity index is 567. The number of ether oxygens (including phenoxy) is 2. The van der Waals surface area contributed by atoms with E-state index in [-0.39, 0.29) is 11.8 Å². The van der Waals surface area contributed by atoms with Crippen molar-refractivity contribution in [1.82, 2.24) is 0 Å². The average molecular weight is 419 g/mol. The van der Waals surface area contributed by atoms with Crippen molar-refractivity contribution in [2.24, 2.45) is 23.2 Å². The third-order valence-corrected chi connectivity index (χ3v) is 7.83. The van der Waals surface area contributed by atoms with Crippen LogP contribution in [0, 0.1) is 23.2 Å². The van der Waals surface area contributed by atoms with Gasteiger partial charge in [-0.1, -0.05) is 20.8 Å². The summed E-state index contributed by atoms with van der Waals surface area (Å²) < 4.78 is 11.9. The molecule has 1 aliphatic heterocycles. The summed E-state index contributed by atoms with van der Waals surface area (Å²) >= 11 is 0. The minimum atomic E-state index is -1.52. The van der Waals surface area contributed by atoms with E-state index in [0.717, 1.165) is 12.8 Å². The Morgan fingerprint density at radius 2 is 1.66 bits per heavy atom. The second-order valence-electron chi connectivity index (χ2n) is 10.1. The van der Waals surface area contributed by atoms with E-state index in [9.17, 15) is 30.6 Å². The lowest BCUT2D eigenvalue weighted by atomic mass is 9.50. The smallest absolute Gasteiger partial charge is 0.186 e. The van der Waals surface area contributed by atoms with Gasteiger partial charge in [0, 0.05) is 11.3 Å². The average Bonchev–Trinajstić information content (AvgIpc) is 2.65. The second kappa shape index (κ2) is 8.31. The van der Waals surface area contributed by atoms with Gasteiger partial charge in [-0.05, 0) is 44.4 Å². The first-order valence-corrected chi connectivity index (χ1v) is 10.8. The molecule has 2 aliphatic carbocycles. The van der Waals surface area contributed by atoms with Gasteiger partial charge in [0.2, 0.25) is 0 Å². The molecule has 1 heterocycles. The summed E-state index contributed by atoms with van der Waals surface area (Å²) in [7, 11) is 0. The van der Waals surface area contributed by atoms with Crippen LogP contribution in [-0.2, 0) is 9.47 Å². The number of rotatable bonds is 4. The SMILES string of the molecule is CC(C)[C@@H]1CC[C@@]2(C)C([C@@H]1O[C@H]1O[C@H](CO)[C@@H](O)[C@H](O)[C@H]1O)[C@@](C)(O)CC[C@@H]2O. The highest BCUT2D eigenvalue weighted by Gasteiger charge is 2.61. The van der Waals surface area contributed by atoms with Gasteiger partial charge in [0.25, 0.3) is 0 Å². The van der Waals surface area contributed by atoms with E-state index < -0.39 is 66.5 Å². The first-order valence-electron chi connectivity index (χ1n) is 10.8. The molecule has 170 valence electrons. The lowest BCUT2D eigenvalue weighted by molar-refractivity contribution is -0.338. The summed E-state index contributed by atoms with van der Waals surface area (Å²) in [6.45, 7) is 7.38. The predicted molar refractivity (Wildman–Crippen MR) is 104 cm³/mol. The van der Waals surface area contributed by atoms with Crippen LogP contribution in [0.25, 0.3) is 0 Å². The van der Waals surface area contributed by atoms with Crippen molar-refractivity contribution in [3.63, 3.8) is 0 Å². The molecule has 1 unspecified atom stereocenters. The van der Waals surface area contributed by atoms with E-state index in [1.807, 2.05) is 6.92 Å². The molecule has 0 spiro atoms. The lowest BCUT2D eigenvalue weighted by Crippen LogP contribution is -2.66. The largest absolute Gasteiger partial charge is 0.394 e. The van der Waals surface area contributed by atoms with Gasteiger partial charge in [-0.2, -0.15) is 0 Å². The molecule has 3 aliphatic rings. The number of fused-ring (bicyclic) bond motifs is 1. The Labute approximate surface area is 172 Å². The molecule has 0 aromatic rings. The van der Waals surface area contributed by atoms with Gasteiger partial charge in [0.15, 0.2) is 6.29 Å². The zero-order chi connectivity index (χ0) is 21.7. The highest BCUT2D eigenvalue weighted by Crippen LogP contribution is 2.57. The van der Waals surface area contributed by atoms with Crippen molar-refractivity contribution in [2.75, 3.05) is 6.61 Å². The van der Waals surface area contributed by atoms with Crippen LogP contribution < -0.4 is 0 Å². The fourth-order valence-electron chi connectivity index (χ4n) is 6.00. The third-order valence-electron chi connectivity index (χ3n) is 7.83. The number of hydrogen-bond donors (Lipinski definition) is 6. The van der Waals surface area contributed by atoms with E-state index >= 15 is 0 Å². The predicted octanol–water partition coefficient (Wildman–Crippen LogP) is -0.234. The molecule has 6 N–H and O–H groups in total. The van der Waals surface area contributed by atoms with Crippen LogP contribution in [0.1, 0.15) is 53.4 Å². The molecule has 1 saturated heterocycles. The molecular formula is C21H38O8. The Morgan fingerprint density at radius 3 is 2.24 bits per heavy atom. The highest BCUT2D eigenvalue weighted by molar-refractivity contribution is 5.09. The normalized spacial score (nSPS) is 53.7. The van der Waals surface area contributed by atoms with Crippen LogP contribution in [0.2, 0.25) is 0 Å². The van der Waals surface area contributed by atoms with Crippen molar-refractivity contribution >= 4 is 0 Å². The highest BCUT2D eigenvalue weighted by atomic mass is 16.7. The van der Waals surface area contributed by atoms with Crippen molar-refractivity contribution in [3.05, 3.63) is 0 Å². The molecular weight excluding hydrogens is 380 g/mol. The van der Waals surface area contributed by atoms with Crippen molar-refractivity contribution in [1.29, 1.82) is 0 Å². The van der Waals surface area contributed by atoms with Crippen molar-refractivity contribution in [3.8, 4) is 0 Å². The maximum atomic E-state index is 11.3. The fourth-order valence-corrected chi connectivity index (χ4v) is 6.00. The molecule has 11 atom stereocenters. The van der Waals surface area contributed by atoms with Crippen LogP contribution in [0.4, 0.5) is 0 Å². The van der Waals surface area contributed by atoms with Crippen LogP contribution in [-0.4, -0.2) is 85.8 Å². The van der Waals surface area contributed by atoms with E-state index in [2.05, 4.69) is 13.8 Å². The second-order valence-corrected chi connectivity index (χ2v) is 10.1. The number of aliphatic hydroxyl groups excluding tert-OH is 5. The Hall–Kier alpha value is -0.320. The van der Waals surface area contributed by atoms with Gasteiger partial charge >= 0.3 is 0 Å². The van der Waals surface area contributed by atoms with Gasteiger partial charge in [0.1, 0.15) is 24.4 Å². The molecule has 3 fully saturated rings. The molecule has 0 bridgehead atoms. The fraction of sp³-hybridized carbons (Fsp3) is 1.00.